The summed E-state index contributed by atoms with van der Waals surface area (Å²) < 4.78 is 7.90. The van der Waals surface area contributed by atoms with Crippen LogP contribution >= 0.6 is 11.3 Å². The van der Waals surface area contributed by atoms with Crippen LogP contribution in [0.2, 0.25) is 0 Å². The molecule has 0 spiro atoms. The number of likely N-dealkylation sites (N-methyl/N-ethyl adjacent to an activating group) is 2. The summed E-state index contributed by atoms with van der Waals surface area (Å²) in [5.41, 5.74) is 11.9. The zero-order valence-electron chi connectivity index (χ0n) is 20.9. The third-order valence-corrected chi connectivity index (χ3v) is 7.20. The Labute approximate surface area is 205 Å². The van der Waals surface area contributed by atoms with E-state index in [0.717, 1.165) is 35.7 Å². The van der Waals surface area contributed by atoms with Crippen molar-refractivity contribution in [1.82, 2.24) is 19.4 Å². The smallest absolute Gasteiger partial charge is 0.227 e. The van der Waals surface area contributed by atoms with E-state index in [9.17, 15) is 0 Å². The molecule has 0 unspecified atom stereocenters. The van der Waals surface area contributed by atoms with Crippen molar-refractivity contribution < 1.29 is 4.74 Å². The number of anilines is 4. The van der Waals surface area contributed by atoms with Crippen LogP contribution in [0.1, 0.15) is 10.6 Å². The number of nitrogens with zero attached hydrogens (tertiary/aromatic N) is 5. The lowest BCUT2D eigenvalue weighted by molar-refractivity contribution is 0.413. The number of rotatable bonds is 8. The molecule has 180 valence electrons. The highest BCUT2D eigenvalue weighted by atomic mass is 32.1. The first-order valence-corrected chi connectivity index (χ1v) is 12.0. The zero-order valence-corrected chi connectivity index (χ0v) is 21.7. The number of nitrogens with two attached hydrogens (primary N) is 1. The average Bonchev–Trinajstić information content (AvgIpc) is 3.27. The quantitative estimate of drug-likeness (QED) is 0.356. The van der Waals surface area contributed by atoms with Gasteiger partial charge in [0.05, 0.1) is 29.9 Å². The van der Waals surface area contributed by atoms with Gasteiger partial charge >= 0.3 is 0 Å². The standard InChI is InChI=1S/C25H33N7OS/c1-15-12-17-23(16(2)32(6)24(17)34-15)19-8-9-27-25(28-19)29-20-13-18(26)21(14-22(20)33-7)31(5)11-10-30(3)4/h8-9,12-14H,10-11,26H2,1-7H3,(H,27,28,29). The van der Waals surface area contributed by atoms with E-state index in [0.29, 0.717) is 17.4 Å². The van der Waals surface area contributed by atoms with Gasteiger partial charge in [-0.1, -0.05) is 0 Å². The van der Waals surface area contributed by atoms with E-state index in [1.807, 2.05) is 25.2 Å². The maximum atomic E-state index is 6.42. The molecule has 0 bridgehead atoms. The molecule has 0 saturated carbocycles. The number of hydrogen-bond donors (Lipinski definition) is 2. The number of nitrogen functional groups attached to an aromatic ring is 1. The summed E-state index contributed by atoms with van der Waals surface area (Å²) in [7, 11) is 9.90. The Kier molecular flexibility index (Phi) is 6.67. The molecule has 8 nitrogen and oxygen atoms in total. The first-order valence-electron chi connectivity index (χ1n) is 11.2. The average molecular weight is 480 g/mol. The predicted molar refractivity (Wildman–Crippen MR) is 144 cm³/mol. The highest BCUT2D eigenvalue weighted by Gasteiger charge is 2.18. The summed E-state index contributed by atoms with van der Waals surface area (Å²) in [6, 6.07) is 8.02. The van der Waals surface area contributed by atoms with Gasteiger partial charge < -0.3 is 30.2 Å². The Bertz CT molecular complexity index is 1320. The fourth-order valence-corrected chi connectivity index (χ4v) is 5.13. The van der Waals surface area contributed by atoms with Crippen molar-refractivity contribution in [1.29, 1.82) is 0 Å². The molecule has 0 saturated heterocycles. The lowest BCUT2D eigenvalue weighted by Gasteiger charge is -2.24. The number of hydrogen-bond acceptors (Lipinski definition) is 8. The molecular formula is C25H33N7OS. The molecule has 3 N–H and O–H groups in total. The normalized spacial score (nSPS) is 11.4. The zero-order chi connectivity index (χ0) is 24.6. The molecule has 0 radical (unpaired) electrons. The lowest BCUT2D eigenvalue weighted by atomic mass is 10.1. The fraction of sp³-hybridized carbons (Fsp3) is 0.360. The SMILES string of the molecule is COc1cc(N(C)CCN(C)C)c(N)cc1Nc1nccc(-c2c(C)n(C)c3sc(C)cc23)n1. The number of fused-ring (bicyclic) bond motifs is 1. The van der Waals surface area contributed by atoms with Gasteiger partial charge in [0, 0.05) is 61.0 Å². The molecule has 0 fully saturated rings. The van der Waals surface area contributed by atoms with Crippen molar-refractivity contribution in [2.75, 3.05) is 57.3 Å². The Morgan fingerprint density at radius 1 is 1.15 bits per heavy atom. The summed E-state index contributed by atoms with van der Waals surface area (Å²) >= 11 is 1.80. The number of benzene rings is 1. The number of aromatic nitrogens is 3. The molecule has 3 aromatic heterocycles. The number of thiophene rings is 1. The first-order chi connectivity index (χ1) is 16.2. The van der Waals surface area contributed by atoms with Gasteiger partial charge in [0.2, 0.25) is 5.95 Å². The van der Waals surface area contributed by atoms with Gasteiger partial charge in [-0.3, -0.25) is 0 Å². The molecular weight excluding hydrogens is 446 g/mol. The van der Waals surface area contributed by atoms with Crippen molar-refractivity contribution in [2.45, 2.75) is 13.8 Å². The minimum absolute atomic E-state index is 0.493. The summed E-state index contributed by atoms with van der Waals surface area (Å²) in [5, 5.41) is 4.53. The van der Waals surface area contributed by atoms with Gasteiger partial charge in [0.25, 0.3) is 0 Å². The summed E-state index contributed by atoms with van der Waals surface area (Å²) in [5.74, 6) is 1.17. The van der Waals surface area contributed by atoms with E-state index in [1.165, 1.54) is 20.8 Å². The number of nitrogens with one attached hydrogen (secondary N) is 1. The van der Waals surface area contributed by atoms with Crippen LogP contribution in [-0.2, 0) is 7.05 Å². The van der Waals surface area contributed by atoms with Crippen LogP contribution in [0.4, 0.5) is 23.0 Å². The van der Waals surface area contributed by atoms with E-state index < -0.39 is 0 Å². The summed E-state index contributed by atoms with van der Waals surface area (Å²) in [6.07, 6.45) is 1.78. The van der Waals surface area contributed by atoms with Crippen LogP contribution in [0.5, 0.6) is 5.75 Å². The molecule has 1 aromatic carbocycles. The fourth-order valence-electron chi connectivity index (χ4n) is 4.10. The summed E-state index contributed by atoms with van der Waals surface area (Å²) in [6.45, 7) is 6.04. The molecule has 4 aromatic rings. The molecule has 0 amide bonds. The van der Waals surface area contributed by atoms with Gasteiger partial charge in [-0.15, -0.1) is 11.3 Å². The Morgan fingerprint density at radius 2 is 1.91 bits per heavy atom. The van der Waals surface area contributed by atoms with Gasteiger partial charge in [-0.05, 0) is 46.1 Å². The van der Waals surface area contributed by atoms with E-state index in [1.54, 1.807) is 24.6 Å². The van der Waals surface area contributed by atoms with E-state index in [-0.39, 0.29) is 0 Å². The molecule has 4 rings (SSSR count). The van der Waals surface area contributed by atoms with Crippen LogP contribution in [0.15, 0.2) is 30.5 Å². The van der Waals surface area contributed by atoms with Gasteiger partial charge in [0.1, 0.15) is 10.6 Å². The minimum Gasteiger partial charge on any atom is -0.494 e. The molecule has 3 heterocycles. The molecule has 0 atom stereocenters. The highest BCUT2D eigenvalue weighted by molar-refractivity contribution is 7.18. The van der Waals surface area contributed by atoms with Crippen LogP contribution in [0.3, 0.4) is 0 Å². The van der Waals surface area contributed by atoms with Crippen molar-refractivity contribution in [2.24, 2.45) is 7.05 Å². The van der Waals surface area contributed by atoms with Crippen LogP contribution in [0, 0.1) is 13.8 Å². The van der Waals surface area contributed by atoms with E-state index >= 15 is 0 Å². The molecule has 9 heteroatoms. The van der Waals surface area contributed by atoms with Gasteiger partial charge in [-0.25, -0.2) is 9.97 Å². The maximum Gasteiger partial charge on any atom is 0.227 e. The Balaban J connectivity index is 1.66. The van der Waals surface area contributed by atoms with Crippen LogP contribution in [0.25, 0.3) is 21.5 Å². The third-order valence-electron chi connectivity index (χ3n) is 6.08. The second kappa shape index (κ2) is 9.52. The van der Waals surface area contributed by atoms with Crippen molar-refractivity contribution in [3.05, 3.63) is 41.0 Å². The highest BCUT2D eigenvalue weighted by Crippen LogP contribution is 2.39. The second-order valence-electron chi connectivity index (χ2n) is 8.82. The molecule has 0 aliphatic rings. The van der Waals surface area contributed by atoms with Crippen LogP contribution in [-0.4, -0.2) is 60.8 Å². The molecule has 0 aliphatic heterocycles. The second-order valence-corrected chi connectivity index (χ2v) is 10.1. The van der Waals surface area contributed by atoms with Crippen molar-refractivity contribution >= 4 is 44.6 Å². The minimum atomic E-state index is 0.493. The molecule has 34 heavy (non-hydrogen) atoms. The first kappa shape index (κ1) is 23.8. The maximum absolute atomic E-state index is 6.42. The number of aryl methyl sites for hydroxylation is 2. The van der Waals surface area contributed by atoms with Gasteiger partial charge in [-0.2, -0.15) is 0 Å². The summed E-state index contributed by atoms with van der Waals surface area (Å²) in [4.78, 5) is 16.1. The number of methoxy groups -OCH3 is 1. The van der Waals surface area contributed by atoms with E-state index in [2.05, 4.69) is 65.7 Å². The van der Waals surface area contributed by atoms with E-state index in [4.69, 9.17) is 15.5 Å². The monoisotopic (exact) mass is 479 g/mol. The Morgan fingerprint density at radius 3 is 2.62 bits per heavy atom. The van der Waals surface area contributed by atoms with Crippen molar-refractivity contribution in [3.63, 3.8) is 0 Å². The number of ether oxygens (including phenoxy) is 1. The topological polar surface area (TPSA) is 84.5 Å². The van der Waals surface area contributed by atoms with Crippen molar-refractivity contribution in [3.8, 4) is 17.0 Å². The molecule has 0 aliphatic carbocycles. The lowest BCUT2D eigenvalue weighted by Crippen LogP contribution is -2.29. The van der Waals surface area contributed by atoms with Crippen LogP contribution < -0.4 is 20.7 Å². The Hall–Kier alpha value is -3.30. The van der Waals surface area contributed by atoms with Gasteiger partial charge in [0.15, 0.2) is 0 Å². The predicted octanol–water partition coefficient (Wildman–Crippen LogP) is 4.65. The largest absolute Gasteiger partial charge is 0.494 e. The third kappa shape index (κ3) is 4.53.